The Labute approximate surface area is 141 Å². The number of carbonyl (C=O) groups is 1. The first-order valence-electron chi connectivity index (χ1n) is 7.43. The summed E-state index contributed by atoms with van der Waals surface area (Å²) >= 11 is 0. The topological polar surface area (TPSA) is 170 Å². The minimum atomic E-state index is -0.771. The fourth-order valence-electron chi connectivity index (χ4n) is 1.91. The highest BCUT2D eigenvalue weighted by Gasteiger charge is 2.18. The summed E-state index contributed by atoms with van der Waals surface area (Å²) in [6, 6.07) is -0.682. The molecule has 0 bridgehead atoms. The Bertz CT molecular complexity index is 828. The molecule has 12 heteroatoms. The number of ether oxygens (including phenoxy) is 2. The van der Waals surface area contributed by atoms with Crippen LogP contribution in [-0.2, 0) is 21.0 Å². The summed E-state index contributed by atoms with van der Waals surface area (Å²) < 4.78 is 12.2. The zero-order valence-corrected chi connectivity index (χ0v) is 13.8. The molecule has 136 valence electrons. The quantitative estimate of drug-likeness (QED) is 0.350. The number of hydrogen-bond acceptors (Lipinski definition) is 10. The molecule has 2 rings (SSSR count). The lowest BCUT2D eigenvalue weighted by Gasteiger charge is -2.14. The monoisotopic (exact) mass is 353 g/mol. The number of hydrogen-bond donors (Lipinski definition) is 2. The van der Waals surface area contributed by atoms with Gasteiger partial charge in [0.25, 0.3) is 0 Å². The lowest BCUT2D eigenvalue weighted by atomic mass is 10.1. The van der Waals surface area contributed by atoms with Gasteiger partial charge in [-0.15, -0.1) is 9.58 Å². The molecule has 2 aromatic heterocycles. The smallest absolute Gasteiger partial charge is 0.323 e. The summed E-state index contributed by atoms with van der Waals surface area (Å²) in [6.07, 6.45) is 1.31. The van der Waals surface area contributed by atoms with Gasteiger partial charge in [0.15, 0.2) is 11.2 Å². The molecular formula is C13H19N7O5. The van der Waals surface area contributed by atoms with Crippen LogP contribution in [0.3, 0.4) is 0 Å². The number of nitroso groups, excluding NO2 is 1. The minimum absolute atomic E-state index is 0.00526. The van der Waals surface area contributed by atoms with Gasteiger partial charge in [-0.05, 0) is 5.92 Å². The number of nitrogen functional groups attached to an aromatic ring is 1. The van der Waals surface area contributed by atoms with E-state index in [-0.39, 0.29) is 43.0 Å². The number of anilines is 1. The summed E-state index contributed by atoms with van der Waals surface area (Å²) in [7, 11) is 0. The number of nitrogens with zero attached hydrogens (tertiary/aromatic N) is 5. The van der Waals surface area contributed by atoms with Gasteiger partial charge in [-0.3, -0.25) is 14.2 Å². The van der Waals surface area contributed by atoms with Crippen molar-refractivity contribution < 1.29 is 14.3 Å². The highest BCUT2D eigenvalue weighted by atomic mass is 16.6. The van der Waals surface area contributed by atoms with Crippen LogP contribution >= 0.6 is 0 Å². The first-order chi connectivity index (χ1) is 11.9. The normalized spacial score (nSPS) is 12.5. The Morgan fingerprint density at radius 1 is 1.40 bits per heavy atom. The standard InChI is InChI=1S/C13H19N7O5/c1-7(2)8(14)12(22)25-4-3-24-6-19-5-16-9-10(19)17-13(15)20(18-23)11(9)21/h5,7-8H,3-4,6,14H2,1-2H3,(H2,15,17)/t8-/m0/s1. The van der Waals surface area contributed by atoms with E-state index in [1.807, 2.05) is 13.8 Å². The van der Waals surface area contributed by atoms with Crippen LogP contribution in [0.15, 0.2) is 16.4 Å². The van der Waals surface area contributed by atoms with Crippen molar-refractivity contribution in [2.75, 3.05) is 18.9 Å². The molecule has 0 saturated carbocycles. The molecule has 0 unspecified atom stereocenters. The van der Waals surface area contributed by atoms with Gasteiger partial charge in [-0.25, -0.2) is 4.98 Å². The van der Waals surface area contributed by atoms with Crippen molar-refractivity contribution in [2.24, 2.45) is 16.9 Å². The molecule has 12 nitrogen and oxygen atoms in total. The van der Waals surface area contributed by atoms with E-state index in [1.54, 1.807) is 0 Å². The molecule has 4 N–H and O–H groups in total. The van der Waals surface area contributed by atoms with E-state index < -0.39 is 17.6 Å². The molecule has 0 aliphatic rings. The van der Waals surface area contributed by atoms with Gasteiger partial charge in [0, 0.05) is 0 Å². The van der Waals surface area contributed by atoms with Crippen LogP contribution in [0.4, 0.5) is 5.95 Å². The molecule has 2 heterocycles. The number of esters is 1. The highest BCUT2D eigenvalue weighted by Crippen LogP contribution is 2.08. The Hall–Kier alpha value is -2.86. The van der Waals surface area contributed by atoms with Crippen molar-refractivity contribution in [1.29, 1.82) is 0 Å². The Morgan fingerprint density at radius 3 is 2.76 bits per heavy atom. The number of imidazole rings is 1. The second-order valence-electron chi connectivity index (χ2n) is 5.53. The molecule has 25 heavy (non-hydrogen) atoms. The maximum absolute atomic E-state index is 11.9. The summed E-state index contributed by atoms with van der Waals surface area (Å²) in [5.41, 5.74) is 10.5. The third-order valence-corrected chi connectivity index (χ3v) is 3.42. The van der Waals surface area contributed by atoms with E-state index in [2.05, 4.69) is 15.3 Å². The van der Waals surface area contributed by atoms with Gasteiger partial charge >= 0.3 is 11.5 Å². The number of nitrogens with two attached hydrogens (primary N) is 2. The molecule has 0 amide bonds. The van der Waals surface area contributed by atoms with Crippen LogP contribution in [0.25, 0.3) is 11.2 Å². The second-order valence-corrected chi connectivity index (χ2v) is 5.53. The van der Waals surface area contributed by atoms with Gasteiger partial charge in [0.05, 0.1) is 18.2 Å². The average molecular weight is 353 g/mol. The summed E-state index contributed by atoms with van der Waals surface area (Å²) in [6.45, 7) is 3.77. The molecule has 0 aromatic carbocycles. The van der Waals surface area contributed by atoms with Gasteiger partial charge in [0.2, 0.25) is 5.95 Å². The van der Waals surface area contributed by atoms with Crippen LogP contribution < -0.4 is 17.0 Å². The molecule has 0 fully saturated rings. The van der Waals surface area contributed by atoms with E-state index in [0.29, 0.717) is 4.68 Å². The zero-order valence-electron chi connectivity index (χ0n) is 13.8. The molecular weight excluding hydrogens is 334 g/mol. The predicted octanol–water partition coefficient (Wildman–Crippen LogP) is -0.795. The van der Waals surface area contributed by atoms with E-state index in [4.69, 9.17) is 20.9 Å². The maximum atomic E-state index is 11.9. The lowest BCUT2D eigenvalue weighted by Crippen LogP contribution is -2.37. The molecule has 0 spiro atoms. The molecule has 0 aliphatic carbocycles. The van der Waals surface area contributed by atoms with E-state index >= 15 is 0 Å². The fraction of sp³-hybridized carbons (Fsp3) is 0.538. The zero-order chi connectivity index (χ0) is 18.6. The first kappa shape index (κ1) is 18.5. The van der Waals surface area contributed by atoms with Crippen LogP contribution in [0, 0.1) is 10.8 Å². The summed E-state index contributed by atoms with van der Waals surface area (Å²) in [5, 5.41) is 2.49. The van der Waals surface area contributed by atoms with Crippen LogP contribution in [0.5, 0.6) is 0 Å². The van der Waals surface area contributed by atoms with Crippen molar-refractivity contribution in [2.45, 2.75) is 26.6 Å². The van der Waals surface area contributed by atoms with Crippen molar-refractivity contribution in [3.63, 3.8) is 0 Å². The summed E-state index contributed by atoms with van der Waals surface area (Å²) in [5.74, 6) is -0.874. The molecule has 0 radical (unpaired) electrons. The molecule has 1 atom stereocenters. The van der Waals surface area contributed by atoms with Crippen molar-refractivity contribution in [3.05, 3.63) is 21.6 Å². The van der Waals surface area contributed by atoms with Crippen LogP contribution in [0.2, 0.25) is 0 Å². The molecule has 0 saturated heterocycles. The average Bonchev–Trinajstić information content (AvgIpc) is 2.97. The number of carbonyl (C=O) groups excluding carboxylic acids is 1. The Kier molecular flexibility index (Phi) is 5.77. The number of rotatable bonds is 8. The molecule has 2 aromatic rings. The third kappa shape index (κ3) is 3.97. The maximum Gasteiger partial charge on any atom is 0.323 e. The van der Waals surface area contributed by atoms with Gasteiger partial charge < -0.3 is 20.9 Å². The van der Waals surface area contributed by atoms with Gasteiger partial charge in [-0.1, -0.05) is 13.8 Å². The minimum Gasteiger partial charge on any atom is -0.462 e. The van der Waals surface area contributed by atoms with Crippen molar-refractivity contribution in [1.82, 2.24) is 19.2 Å². The fourth-order valence-corrected chi connectivity index (χ4v) is 1.91. The first-order valence-corrected chi connectivity index (χ1v) is 7.43. The number of aromatic nitrogens is 4. The van der Waals surface area contributed by atoms with Gasteiger partial charge in [0.1, 0.15) is 19.4 Å². The highest BCUT2D eigenvalue weighted by molar-refractivity contribution is 5.75. The number of fused-ring (bicyclic) bond motifs is 1. The van der Waals surface area contributed by atoms with E-state index in [9.17, 15) is 14.5 Å². The summed E-state index contributed by atoms with van der Waals surface area (Å²) in [4.78, 5) is 41.8. The largest absolute Gasteiger partial charge is 0.462 e. The molecule has 0 aliphatic heterocycles. The van der Waals surface area contributed by atoms with E-state index in [0.717, 1.165) is 0 Å². The van der Waals surface area contributed by atoms with Crippen LogP contribution in [0.1, 0.15) is 13.8 Å². The van der Waals surface area contributed by atoms with Crippen molar-refractivity contribution >= 4 is 23.1 Å². The van der Waals surface area contributed by atoms with Gasteiger partial charge in [-0.2, -0.15) is 4.98 Å². The lowest BCUT2D eigenvalue weighted by molar-refractivity contribution is -0.148. The van der Waals surface area contributed by atoms with Crippen LogP contribution in [-0.4, -0.2) is 44.4 Å². The third-order valence-electron chi connectivity index (χ3n) is 3.42. The SMILES string of the molecule is CC(C)[C@H](N)C(=O)OCCOCn1cnc2c(=O)n(N=O)c(N)nc21. The Balaban J connectivity index is 1.93. The van der Waals surface area contributed by atoms with E-state index in [1.165, 1.54) is 10.9 Å². The second kappa shape index (κ2) is 7.81. The predicted molar refractivity (Wildman–Crippen MR) is 87.1 cm³/mol. The Morgan fingerprint density at radius 2 is 2.12 bits per heavy atom. The van der Waals surface area contributed by atoms with Crippen molar-refractivity contribution in [3.8, 4) is 0 Å².